The van der Waals surface area contributed by atoms with E-state index in [1.165, 1.54) is 11.8 Å². The number of nitriles is 1. The average molecular weight is 463 g/mol. The van der Waals surface area contributed by atoms with Crippen molar-refractivity contribution in [3.63, 3.8) is 0 Å². The van der Waals surface area contributed by atoms with Gasteiger partial charge in [0.05, 0.1) is 18.6 Å². The van der Waals surface area contributed by atoms with Crippen LogP contribution in [0.15, 0.2) is 29.3 Å². The van der Waals surface area contributed by atoms with Gasteiger partial charge in [-0.3, -0.25) is 4.79 Å². The maximum Gasteiger partial charge on any atom is 0.232 e. The van der Waals surface area contributed by atoms with E-state index in [1.807, 2.05) is 31.2 Å². The molecule has 1 N–H and O–H groups in total. The van der Waals surface area contributed by atoms with Gasteiger partial charge in [0.2, 0.25) is 11.6 Å². The third-order valence-electron chi connectivity index (χ3n) is 5.86. The van der Waals surface area contributed by atoms with Gasteiger partial charge in [-0.1, -0.05) is 31.2 Å². The summed E-state index contributed by atoms with van der Waals surface area (Å²) in [6.07, 6.45) is 1.99. The Bertz CT molecular complexity index is 1070. The van der Waals surface area contributed by atoms with Crippen LogP contribution in [-0.2, 0) is 23.4 Å². The molecule has 172 valence electrons. The summed E-state index contributed by atoms with van der Waals surface area (Å²) >= 11 is 1.53. The van der Waals surface area contributed by atoms with Crippen molar-refractivity contribution in [2.24, 2.45) is 0 Å². The second-order valence-electron chi connectivity index (χ2n) is 8.12. The van der Waals surface area contributed by atoms with Crippen LogP contribution in [0.4, 0.5) is 11.5 Å². The molecule has 0 spiro atoms. The van der Waals surface area contributed by atoms with Crippen molar-refractivity contribution in [3.05, 3.63) is 57.9 Å². The number of carbonyl (C=O) groups is 1. The zero-order valence-corrected chi connectivity index (χ0v) is 20.3. The fraction of sp³-hybridized carbons (Fsp3) is 0.440. The van der Waals surface area contributed by atoms with Gasteiger partial charge in [-0.05, 0) is 43.1 Å². The van der Waals surface area contributed by atoms with E-state index in [0.717, 1.165) is 49.3 Å². The SMILES string of the molecule is [C-]#[N+]c1c(N2CCCN(C)CC2)nc(SCc2ccc(CC(=O)NC)cc2)c(C#N)c1CC. The van der Waals surface area contributed by atoms with Gasteiger partial charge in [-0.2, -0.15) is 5.26 Å². The lowest BCUT2D eigenvalue weighted by molar-refractivity contribution is -0.119. The van der Waals surface area contributed by atoms with Crippen molar-refractivity contribution in [1.29, 1.82) is 5.26 Å². The number of carbonyl (C=O) groups excluding carboxylic acids is 1. The largest absolute Gasteiger partial charge is 0.364 e. The number of hydrogen-bond acceptors (Lipinski definition) is 6. The van der Waals surface area contributed by atoms with Crippen molar-refractivity contribution >= 4 is 29.2 Å². The minimum Gasteiger partial charge on any atom is -0.364 e. The number of hydrogen-bond donors (Lipinski definition) is 1. The van der Waals surface area contributed by atoms with Crippen LogP contribution in [0.2, 0.25) is 0 Å². The second-order valence-corrected chi connectivity index (χ2v) is 9.08. The molecular formula is C25H30N6OS. The molecule has 1 aliphatic rings. The highest BCUT2D eigenvalue weighted by Crippen LogP contribution is 2.39. The molecule has 2 aromatic rings. The summed E-state index contributed by atoms with van der Waals surface area (Å²) in [5.74, 6) is 1.35. The van der Waals surface area contributed by atoms with Gasteiger partial charge < -0.3 is 15.1 Å². The van der Waals surface area contributed by atoms with Crippen molar-refractivity contribution < 1.29 is 4.79 Å². The molecule has 33 heavy (non-hydrogen) atoms. The van der Waals surface area contributed by atoms with Crippen molar-refractivity contribution in [2.45, 2.75) is 37.0 Å². The molecule has 0 saturated carbocycles. The number of aromatic nitrogens is 1. The lowest BCUT2D eigenvalue weighted by Gasteiger charge is -2.25. The third-order valence-corrected chi connectivity index (χ3v) is 6.91. The van der Waals surface area contributed by atoms with Crippen LogP contribution in [0.1, 0.15) is 35.6 Å². The summed E-state index contributed by atoms with van der Waals surface area (Å²) in [5, 5.41) is 13.2. The number of likely N-dealkylation sites (N-methyl/N-ethyl adjacent to an activating group) is 2. The highest BCUT2D eigenvalue weighted by Gasteiger charge is 2.24. The molecule has 1 amide bonds. The highest BCUT2D eigenvalue weighted by molar-refractivity contribution is 7.98. The van der Waals surface area contributed by atoms with Crippen LogP contribution < -0.4 is 10.2 Å². The van der Waals surface area contributed by atoms with E-state index in [2.05, 4.69) is 33.1 Å². The summed E-state index contributed by atoms with van der Waals surface area (Å²) in [7, 11) is 3.75. The predicted molar refractivity (Wildman–Crippen MR) is 133 cm³/mol. The summed E-state index contributed by atoms with van der Waals surface area (Å²) in [5.41, 5.74) is 3.87. The van der Waals surface area contributed by atoms with Crippen LogP contribution in [0.25, 0.3) is 4.85 Å². The topological polar surface area (TPSA) is 76.6 Å². The number of anilines is 1. The Morgan fingerprint density at radius 2 is 1.97 bits per heavy atom. The fourth-order valence-electron chi connectivity index (χ4n) is 3.93. The van der Waals surface area contributed by atoms with Gasteiger partial charge in [0.1, 0.15) is 16.9 Å². The van der Waals surface area contributed by atoms with E-state index in [1.54, 1.807) is 7.05 Å². The number of benzene rings is 1. The minimum absolute atomic E-state index is 0.0146. The Morgan fingerprint density at radius 1 is 1.24 bits per heavy atom. The number of nitrogens with zero attached hydrogens (tertiary/aromatic N) is 5. The van der Waals surface area contributed by atoms with E-state index in [9.17, 15) is 10.1 Å². The lowest BCUT2D eigenvalue weighted by atomic mass is 10.1. The quantitative estimate of drug-likeness (QED) is 0.498. The Balaban J connectivity index is 1.88. The zero-order chi connectivity index (χ0) is 23.8. The number of amides is 1. The maximum atomic E-state index is 11.6. The van der Waals surface area contributed by atoms with E-state index < -0.39 is 0 Å². The summed E-state index contributed by atoms with van der Waals surface area (Å²) in [6, 6.07) is 10.3. The molecule has 0 aliphatic carbocycles. The van der Waals surface area contributed by atoms with Crippen LogP contribution in [0.3, 0.4) is 0 Å². The Kier molecular flexibility index (Phi) is 8.71. The molecule has 1 aromatic heterocycles. The molecule has 0 unspecified atom stereocenters. The number of nitrogens with one attached hydrogen (secondary N) is 1. The van der Waals surface area contributed by atoms with E-state index in [0.29, 0.717) is 40.7 Å². The normalized spacial score (nSPS) is 14.3. The van der Waals surface area contributed by atoms with Gasteiger partial charge in [-0.25, -0.2) is 9.83 Å². The summed E-state index contributed by atoms with van der Waals surface area (Å²) in [4.78, 5) is 24.8. The minimum atomic E-state index is -0.0146. The smallest absolute Gasteiger partial charge is 0.232 e. The number of rotatable bonds is 7. The average Bonchev–Trinajstić information content (AvgIpc) is 3.06. The molecule has 3 rings (SSSR count). The first kappa shape index (κ1) is 24.6. The Morgan fingerprint density at radius 3 is 2.61 bits per heavy atom. The Labute approximate surface area is 200 Å². The standard InChI is InChI=1S/C25H30N6OS/c1-5-20-21(16-26)25(33-17-19-9-7-18(8-10-19)15-22(32)27-2)29-24(23(20)28-3)31-12-6-11-30(4)13-14-31/h7-10H,5-6,11-15,17H2,1-2,4H3,(H,27,32). The Hall–Kier alpha value is -3.07. The van der Waals surface area contributed by atoms with Crippen LogP contribution in [0.5, 0.6) is 0 Å². The maximum absolute atomic E-state index is 11.6. The van der Waals surface area contributed by atoms with Gasteiger partial charge in [0, 0.05) is 32.4 Å². The molecule has 1 aromatic carbocycles. The van der Waals surface area contributed by atoms with E-state index in [-0.39, 0.29) is 5.91 Å². The molecule has 1 fully saturated rings. The number of pyridine rings is 1. The molecule has 1 saturated heterocycles. The van der Waals surface area contributed by atoms with Gasteiger partial charge in [0.15, 0.2) is 0 Å². The molecule has 1 aliphatic heterocycles. The molecule has 0 radical (unpaired) electrons. The predicted octanol–water partition coefficient (Wildman–Crippen LogP) is 3.79. The van der Waals surface area contributed by atoms with Crippen LogP contribution >= 0.6 is 11.8 Å². The second kappa shape index (κ2) is 11.7. The van der Waals surface area contributed by atoms with E-state index >= 15 is 0 Å². The van der Waals surface area contributed by atoms with Gasteiger partial charge in [0.25, 0.3) is 0 Å². The fourth-order valence-corrected chi connectivity index (χ4v) is 4.89. The first-order valence-electron chi connectivity index (χ1n) is 11.2. The molecule has 2 heterocycles. The molecule has 0 atom stereocenters. The zero-order valence-electron chi connectivity index (χ0n) is 19.5. The van der Waals surface area contributed by atoms with Crippen LogP contribution in [0, 0.1) is 17.9 Å². The summed E-state index contributed by atoms with van der Waals surface area (Å²) < 4.78 is 0. The first-order chi connectivity index (χ1) is 16.0. The van der Waals surface area contributed by atoms with Crippen molar-refractivity contribution in [3.8, 4) is 6.07 Å². The van der Waals surface area contributed by atoms with Crippen molar-refractivity contribution in [1.82, 2.24) is 15.2 Å². The summed E-state index contributed by atoms with van der Waals surface area (Å²) in [6.45, 7) is 13.4. The molecular weight excluding hydrogens is 432 g/mol. The molecule has 8 heteroatoms. The number of thioether (sulfide) groups is 1. The molecule has 0 bridgehead atoms. The van der Waals surface area contributed by atoms with Gasteiger partial charge in [-0.15, -0.1) is 11.8 Å². The lowest BCUT2D eigenvalue weighted by Crippen LogP contribution is -2.29. The monoisotopic (exact) mass is 462 g/mol. The first-order valence-corrected chi connectivity index (χ1v) is 12.2. The molecule has 7 nitrogen and oxygen atoms in total. The highest BCUT2D eigenvalue weighted by atomic mass is 32.2. The van der Waals surface area contributed by atoms with E-state index in [4.69, 9.17) is 11.6 Å². The van der Waals surface area contributed by atoms with Crippen LogP contribution in [-0.4, -0.2) is 56.1 Å². The van der Waals surface area contributed by atoms with Gasteiger partial charge >= 0.3 is 0 Å². The third kappa shape index (κ3) is 6.04. The van der Waals surface area contributed by atoms with Crippen molar-refractivity contribution in [2.75, 3.05) is 45.2 Å².